The van der Waals surface area contributed by atoms with E-state index >= 15 is 0 Å². The highest BCUT2D eigenvalue weighted by Gasteiger charge is 2.10. The van der Waals surface area contributed by atoms with Crippen LogP contribution in [0.1, 0.15) is 18.5 Å². The number of carbonyl (C=O) groups is 1. The van der Waals surface area contributed by atoms with Crippen LogP contribution in [0.3, 0.4) is 0 Å². The summed E-state index contributed by atoms with van der Waals surface area (Å²) in [4.78, 5) is 12.9. The Kier molecular flexibility index (Phi) is 4.97. The molecule has 0 saturated carbocycles. The summed E-state index contributed by atoms with van der Waals surface area (Å²) < 4.78 is 10.7. The van der Waals surface area contributed by atoms with E-state index in [0.717, 1.165) is 5.56 Å². The number of nitrogens with two attached hydrogens (primary N) is 1. The lowest BCUT2D eigenvalue weighted by atomic mass is 10.1. The first-order valence-corrected chi connectivity index (χ1v) is 5.72. The molecule has 0 aliphatic carbocycles. The lowest BCUT2D eigenvalue weighted by Crippen LogP contribution is -2.27. The molecule has 0 spiro atoms. The smallest absolute Gasteiger partial charge is 0.259 e. The number of nitrogens with zero attached hydrogens (tertiary/aromatic N) is 1. The van der Waals surface area contributed by atoms with E-state index in [2.05, 4.69) is 0 Å². The lowest BCUT2D eigenvalue weighted by Gasteiger charge is -2.15. The van der Waals surface area contributed by atoms with Gasteiger partial charge in [0.1, 0.15) is 0 Å². The van der Waals surface area contributed by atoms with E-state index in [1.165, 1.54) is 4.90 Å². The van der Waals surface area contributed by atoms with Crippen LogP contribution in [0.5, 0.6) is 11.5 Å². The molecular weight excluding hydrogens is 232 g/mol. The molecule has 1 aromatic rings. The average Bonchev–Trinajstić information content (AvgIpc) is 2.35. The number of amides is 1. The van der Waals surface area contributed by atoms with Crippen molar-refractivity contribution in [3.63, 3.8) is 0 Å². The number of hydrogen-bond donors (Lipinski definition) is 1. The molecule has 100 valence electrons. The molecule has 0 bridgehead atoms. The molecule has 0 radical (unpaired) electrons. The summed E-state index contributed by atoms with van der Waals surface area (Å²) in [6, 6.07) is 5.37. The van der Waals surface area contributed by atoms with Gasteiger partial charge in [0.2, 0.25) is 0 Å². The standard InChI is InChI=1S/C13H20N2O3/c1-9(14)10-5-6-11(12(7-10)17-4)18-8-13(16)15(2)3/h5-7,9H,8,14H2,1-4H3/t9-/m0/s1. The number of methoxy groups -OCH3 is 1. The zero-order valence-corrected chi connectivity index (χ0v) is 11.3. The second kappa shape index (κ2) is 6.26. The molecule has 1 atom stereocenters. The average molecular weight is 252 g/mol. The summed E-state index contributed by atoms with van der Waals surface area (Å²) in [6.45, 7) is 1.88. The molecule has 0 unspecified atom stereocenters. The van der Waals surface area contributed by atoms with Crippen LogP contribution in [0.4, 0.5) is 0 Å². The third-order valence-electron chi connectivity index (χ3n) is 2.56. The monoisotopic (exact) mass is 252 g/mol. The van der Waals surface area contributed by atoms with Gasteiger partial charge in [-0.25, -0.2) is 0 Å². The normalized spacial score (nSPS) is 11.8. The fourth-order valence-electron chi connectivity index (χ4n) is 1.36. The molecule has 0 aliphatic rings. The predicted octanol–water partition coefficient (Wildman–Crippen LogP) is 1.18. The highest BCUT2D eigenvalue weighted by Crippen LogP contribution is 2.29. The van der Waals surface area contributed by atoms with E-state index < -0.39 is 0 Å². The highest BCUT2D eigenvalue weighted by atomic mass is 16.5. The quantitative estimate of drug-likeness (QED) is 0.854. The summed E-state index contributed by atoms with van der Waals surface area (Å²) in [7, 11) is 4.92. The molecule has 1 amide bonds. The maximum absolute atomic E-state index is 11.4. The van der Waals surface area contributed by atoms with Crippen LogP contribution in [-0.2, 0) is 4.79 Å². The minimum Gasteiger partial charge on any atom is -0.493 e. The van der Waals surface area contributed by atoms with E-state index in [9.17, 15) is 4.79 Å². The van der Waals surface area contributed by atoms with Crippen molar-refractivity contribution >= 4 is 5.91 Å². The molecule has 2 N–H and O–H groups in total. The van der Waals surface area contributed by atoms with Crippen LogP contribution in [0, 0.1) is 0 Å². The molecule has 5 nitrogen and oxygen atoms in total. The number of rotatable bonds is 5. The van der Waals surface area contributed by atoms with Crippen molar-refractivity contribution in [2.75, 3.05) is 27.8 Å². The highest BCUT2D eigenvalue weighted by molar-refractivity contribution is 5.77. The van der Waals surface area contributed by atoms with Crippen LogP contribution in [0.15, 0.2) is 18.2 Å². The summed E-state index contributed by atoms with van der Waals surface area (Å²) in [5.74, 6) is 1.02. The molecule has 5 heteroatoms. The van der Waals surface area contributed by atoms with Gasteiger partial charge in [-0.1, -0.05) is 6.07 Å². The van der Waals surface area contributed by atoms with Gasteiger partial charge >= 0.3 is 0 Å². The Morgan fingerprint density at radius 3 is 2.56 bits per heavy atom. The Labute approximate surface area is 107 Å². The number of likely N-dealkylation sites (N-methyl/N-ethyl adjacent to an activating group) is 1. The maximum atomic E-state index is 11.4. The van der Waals surface area contributed by atoms with Gasteiger partial charge in [-0.15, -0.1) is 0 Å². The first kappa shape index (κ1) is 14.3. The van der Waals surface area contributed by atoms with Gasteiger partial charge in [-0.05, 0) is 24.6 Å². The predicted molar refractivity (Wildman–Crippen MR) is 69.8 cm³/mol. The maximum Gasteiger partial charge on any atom is 0.259 e. The van der Waals surface area contributed by atoms with Crippen LogP contribution in [0.2, 0.25) is 0 Å². The van der Waals surface area contributed by atoms with Crippen LogP contribution < -0.4 is 15.2 Å². The number of ether oxygens (including phenoxy) is 2. The molecule has 0 saturated heterocycles. The summed E-state index contributed by atoms with van der Waals surface area (Å²) in [5.41, 5.74) is 6.75. The third-order valence-corrected chi connectivity index (χ3v) is 2.56. The molecule has 1 rings (SSSR count). The minimum atomic E-state index is -0.103. The van der Waals surface area contributed by atoms with Crippen molar-refractivity contribution in [2.24, 2.45) is 5.73 Å². The minimum absolute atomic E-state index is 0.0130. The summed E-state index contributed by atoms with van der Waals surface area (Å²) in [5, 5.41) is 0. The van der Waals surface area contributed by atoms with Crippen molar-refractivity contribution in [3.8, 4) is 11.5 Å². The number of carbonyl (C=O) groups excluding carboxylic acids is 1. The molecule has 1 aromatic carbocycles. The van der Waals surface area contributed by atoms with Gasteiger partial charge in [-0.3, -0.25) is 4.79 Å². The Hall–Kier alpha value is -1.75. The lowest BCUT2D eigenvalue weighted by molar-refractivity contribution is -0.130. The van der Waals surface area contributed by atoms with E-state index in [1.807, 2.05) is 19.1 Å². The zero-order valence-electron chi connectivity index (χ0n) is 11.3. The fraction of sp³-hybridized carbons (Fsp3) is 0.462. The van der Waals surface area contributed by atoms with Gasteiger partial charge in [0, 0.05) is 20.1 Å². The van der Waals surface area contributed by atoms with Gasteiger partial charge in [0.25, 0.3) is 5.91 Å². The van der Waals surface area contributed by atoms with Crippen molar-refractivity contribution < 1.29 is 14.3 Å². The second-order valence-corrected chi connectivity index (χ2v) is 4.28. The van der Waals surface area contributed by atoms with Crippen LogP contribution in [0.25, 0.3) is 0 Å². The molecule has 0 aliphatic heterocycles. The van der Waals surface area contributed by atoms with Crippen molar-refractivity contribution in [3.05, 3.63) is 23.8 Å². The Morgan fingerprint density at radius 2 is 2.06 bits per heavy atom. The first-order valence-electron chi connectivity index (χ1n) is 5.72. The number of benzene rings is 1. The van der Waals surface area contributed by atoms with Crippen molar-refractivity contribution in [1.82, 2.24) is 4.90 Å². The molecule has 0 heterocycles. The Bertz CT molecular complexity index is 417. The van der Waals surface area contributed by atoms with E-state index in [0.29, 0.717) is 11.5 Å². The SMILES string of the molecule is COc1cc([C@H](C)N)ccc1OCC(=O)N(C)C. The van der Waals surface area contributed by atoms with Crippen molar-refractivity contribution in [2.45, 2.75) is 13.0 Å². The van der Waals surface area contributed by atoms with Crippen molar-refractivity contribution in [1.29, 1.82) is 0 Å². The topological polar surface area (TPSA) is 64.8 Å². The third kappa shape index (κ3) is 3.63. The van der Waals surface area contributed by atoms with E-state index in [1.54, 1.807) is 27.3 Å². The Morgan fingerprint density at radius 1 is 1.39 bits per heavy atom. The molecular formula is C13H20N2O3. The summed E-state index contributed by atoms with van der Waals surface area (Å²) in [6.07, 6.45) is 0. The molecule has 0 aromatic heterocycles. The van der Waals surface area contributed by atoms with Crippen LogP contribution >= 0.6 is 0 Å². The number of hydrogen-bond acceptors (Lipinski definition) is 4. The van der Waals surface area contributed by atoms with Gasteiger partial charge in [0.05, 0.1) is 7.11 Å². The summed E-state index contributed by atoms with van der Waals surface area (Å²) >= 11 is 0. The molecule has 0 fully saturated rings. The second-order valence-electron chi connectivity index (χ2n) is 4.28. The Balaban J connectivity index is 2.80. The fourth-order valence-corrected chi connectivity index (χ4v) is 1.36. The first-order chi connectivity index (χ1) is 8.45. The van der Waals surface area contributed by atoms with Gasteiger partial charge in [0.15, 0.2) is 18.1 Å². The largest absolute Gasteiger partial charge is 0.493 e. The molecule has 18 heavy (non-hydrogen) atoms. The zero-order chi connectivity index (χ0) is 13.7. The van der Waals surface area contributed by atoms with Crippen LogP contribution in [-0.4, -0.2) is 38.6 Å². The van der Waals surface area contributed by atoms with E-state index in [4.69, 9.17) is 15.2 Å². The van der Waals surface area contributed by atoms with E-state index in [-0.39, 0.29) is 18.6 Å². The van der Waals surface area contributed by atoms with Gasteiger partial charge in [-0.2, -0.15) is 0 Å². The van der Waals surface area contributed by atoms with Gasteiger partial charge < -0.3 is 20.1 Å².